The Kier molecular flexibility index (Phi) is 5.06. The number of rotatable bonds is 8. The van der Waals surface area contributed by atoms with Crippen LogP contribution in [0.15, 0.2) is 4.90 Å². The molecule has 1 fully saturated rings. The molecule has 1 heterocycles. The van der Waals surface area contributed by atoms with E-state index < -0.39 is 10.0 Å². The zero-order valence-corrected chi connectivity index (χ0v) is 14.1. The molecule has 0 aliphatic heterocycles. The van der Waals surface area contributed by atoms with Gasteiger partial charge in [-0.05, 0) is 46.2 Å². The zero-order chi connectivity index (χ0) is 15.6. The molecule has 0 amide bonds. The van der Waals surface area contributed by atoms with E-state index in [0.29, 0.717) is 16.5 Å². The molecule has 1 aromatic rings. The summed E-state index contributed by atoms with van der Waals surface area (Å²) in [4.78, 5) is 0.355. The van der Waals surface area contributed by atoms with Gasteiger partial charge in [-0.1, -0.05) is 13.3 Å². The van der Waals surface area contributed by atoms with Gasteiger partial charge in [-0.2, -0.15) is 5.10 Å². The maximum Gasteiger partial charge on any atom is 0.244 e. The third kappa shape index (κ3) is 3.64. The van der Waals surface area contributed by atoms with Crippen LogP contribution in [0.5, 0.6) is 0 Å². The summed E-state index contributed by atoms with van der Waals surface area (Å²) in [6.07, 6.45) is 2.89. The Balaban J connectivity index is 2.15. The largest absolute Gasteiger partial charge is 0.320 e. The summed E-state index contributed by atoms with van der Waals surface area (Å²) < 4.78 is 29.7. The number of aromatic nitrogens is 2. The molecule has 0 saturated heterocycles. The topological polar surface area (TPSA) is 76.0 Å². The van der Waals surface area contributed by atoms with Gasteiger partial charge in [-0.3, -0.25) is 4.68 Å². The van der Waals surface area contributed by atoms with E-state index in [2.05, 4.69) is 22.1 Å². The van der Waals surface area contributed by atoms with Crippen LogP contribution in [0.2, 0.25) is 0 Å². The summed E-state index contributed by atoms with van der Waals surface area (Å²) >= 11 is 0. The molecule has 0 radical (unpaired) electrons. The van der Waals surface area contributed by atoms with Gasteiger partial charge in [0.2, 0.25) is 10.0 Å². The number of nitrogens with zero attached hydrogens (tertiary/aromatic N) is 2. The van der Waals surface area contributed by atoms with Crippen LogP contribution < -0.4 is 10.0 Å². The van der Waals surface area contributed by atoms with Gasteiger partial charge in [0.05, 0.1) is 11.4 Å². The van der Waals surface area contributed by atoms with Gasteiger partial charge in [0, 0.05) is 12.6 Å². The van der Waals surface area contributed by atoms with Gasteiger partial charge in [0.1, 0.15) is 4.90 Å². The number of aryl methyl sites for hydroxylation is 2. The molecule has 2 atom stereocenters. The lowest BCUT2D eigenvalue weighted by molar-refractivity contribution is 0.545. The van der Waals surface area contributed by atoms with Crippen molar-refractivity contribution in [2.45, 2.75) is 57.5 Å². The Hall–Kier alpha value is -0.920. The molecule has 0 spiro atoms. The first-order valence-corrected chi connectivity index (χ1v) is 9.10. The summed E-state index contributed by atoms with van der Waals surface area (Å²) in [6, 6.07) is 0.103. The minimum absolute atomic E-state index is 0.103. The number of hydrogen-bond donors (Lipinski definition) is 2. The van der Waals surface area contributed by atoms with Crippen LogP contribution in [0, 0.1) is 19.8 Å². The van der Waals surface area contributed by atoms with Crippen molar-refractivity contribution in [3.63, 3.8) is 0 Å². The molecule has 1 saturated carbocycles. The van der Waals surface area contributed by atoms with Gasteiger partial charge in [-0.15, -0.1) is 0 Å². The molecule has 2 rings (SSSR count). The van der Waals surface area contributed by atoms with Crippen molar-refractivity contribution in [3.05, 3.63) is 11.4 Å². The van der Waals surface area contributed by atoms with E-state index in [4.69, 9.17) is 0 Å². The molecule has 7 heteroatoms. The van der Waals surface area contributed by atoms with Crippen molar-refractivity contribution in [2.75, 3.05) is 13.6 Å². The molecule has 0 bridgehead atoms. The zero-order valence-electron chi connectivity index (χ0n) is 13.3. The predicted molar refractivity (Wildman–Crippen MR) is 82.8 cm³/mol. The fourth-order valence-electron chi connectivity index (χ4n) is 2.79. The summed E-state index contributed by atoms with van der Waals surface area (Å²) in [7, 11) is -1.56. The van der Waals surface area contributed by atoms with Crippen LogP contribution in [-0.4, -0.2) is 37.8 Å². The Labute approximate surface area is 127 Å². The highest BCUT2D eigenvalue weighted by molar-refractivity contribution is 7.89. The van der Waals surface area contributed by atoms with Gasteiger partial charge < -0.3 is 5.32 Å². The Morgan fingerprint density at radius 2 is 2.10 bits per heavy atom. The minimum atomic E-state index is -3.46. The quantitative estimate of drug-likeness (QED) is 0.707. The van der Waals surface area contributed by atoms with Gasteiger partial charge in [-0.25, -0.2) is 13.1 Å². The standard InChI is InChI=1S/C14H26N4O2S/c1-5-12-9-13(12)17-21(19,20)14-10(2)16-18(11(14)3)8-6-7-15-4/h12-13,15,17H,5-9H2,1-4H3. The predicted octanol–water partition coefficient (Wildman–Crippen LogP) is 1.19. The molecule has 2 N–H and O–H groups in total. The molecule has 0 aromatic carbocycles. The smallest absolute Gasteiger partial charge is 0.244 e. The highest BCUT2D eigenvalue weighted by Gasteiger charge is 2.39. The molecule has 6 nitrogen and oxygen atoms in total. The summed E-state index contributed by atoms with van der Waals surface area (Å²) in [6.45, 7) is 7.30. The fraction of sp³-hybridized carbons (Fsp3) is 0.786. The highest BCUT2D eigenvalue weighted by Crippen LogP contribution is 2.35. The van der Waals surface area contributed by atoms with Gasteiger partial charge in [0.25, 0.3) is 0 Å². The SMILES string of the molecule is CCC1CC1NS(=O)(=O)c1c(C)nn(CCCNC)c1C. The number of nitrogens with one attached hydrogen (secondary N) is 2. The van der Waals surface area contributed by atoms with Crippen molar-refractivity contribution in [2.24, 2.45) is 5.92 Å². The lowest BCUT2D eigenvalue weighted by atomic mass is 10.3. The van der Waals surface area contributed by atoms with E-state index in [1.165, 1.54) is 0 Å². The van der Waals surface area contributed by atoms with E-state index in [9.17, 15) is 8.42 Å². The molecular weight excluding hydrogens is 288 g/mol. The second-order valence-corrected chi connectivity index (χ2v) is 7.46. The van der Waals surface area contributed by atoms with Crippen LogP contribution >= 0.6 is 0 Å². The van der Waals surface area contributed by atoms with Crippen molar-refractivity contribution in [3.8, 4) is 0 Å². The second kappa shape index (κ2) is 6.46. The van der Waals surface area contributed by atoms with Crippen molar-refractivity contribution in [1.29, 1.82) is 0 Å². The van der Waals surface area contributed by atoms with Crippen LogP contribution in [0.1, 0.15) is 37.6 Å². The molecule has 21 heavy (non-hydrogen) atoms. The molecule has 120 valence electrons. The Bertz CT molecular complexity index is 594. The Morgan fingerprint density at radius 1 is 1.38 bits per heavy atom. The first-order valence-electron chi connectivity index (χ1n) is 7.61. The average Bonchev–Trinajstić information content (AvgIpc) is 3.07. The minimum Gasteiger partial charge on any atom is -0.320 e. The summed E-state index contributed by atoms with van der Waals surface area (Å²) in [5, 5.41) is 7.47. The third-order valence-corrected chi connectivity index (χ3v) is 5.88. The van der Waals surface area contributed by atoms with Crippen LogP contribution in [-0.2, 0) is 16.6 Å². The lowest BCUT2D eigenvalue weighted by Gasteiger charge is -2.08. The van der Waals surface area contributed by atoms with Gasteiger partial charge >= 0.3 is 0 Å². The first-order chi connectivity index (χ1) is 9.90. The van der Waals surface area contributed by atoms with Crippen molar-refractivity contribution < 1.29 is 8.42 Å². The average molecular weight is 314 g/mol. The van der Waals surface area contributed by atoms with Crippen molar-refractivity contribution >= 4 is 10.0 Å². The van der Waals surface area contributed by atoms with Crippen molar-refractivity contribution in [1.82, 2.24) is 19.8 Å². The van der Waals surface area contributed by atoms with E-state index in [0.717, 1.165) is 38.0 Å². The Morgan fingerprint density at radius 3 is 2.67 bits per heavy atom. The number of hydrogen-bond acceptors (Lipinski definition) is 4. The molecule has 2 unspecified atom stereocenters. The molecule has 1 aromatic heterocycles. The molecule has 1 aliphatic carbocycles. The van der Waals surface area contributed by atoms with Crippen LogP contribution in [0.25, 0.3) is 0 Å². The first kappa shape index (κ1) is 16.5. The molecular formula is C14H26N4O2S. The summed E-state index contributed by atoms with van der Waals surface area (Å²) in [5.41, 5.74) is 1.31. The highest BCUT2D eigenvalue weighted by atomic mass is 32.2. The van der Waals surface area contributed by atoms with E-state index in [1.807, 2.05) is 14.0 Å². The lowest BCUT2D eigenvalue weighted by Crippen LogP contribution is -2.28. The van der Waals surface area contributed by atoms with E-state index in [1.54, 1.807) is 11.6 Å². The van der Waals surface area contributed by atoms with E-state index in [-0.39, 0.29) is 6.04 Å². The third-order valence-electron chi connectivity index (χ3n) is 4.13. The maximum absolute atomic E-state index is 12.6. The summed E-state index contributed by atoms with van der Waals surface area (Å²) in [5.74, 6) is 0.492. The normalized spacial score (nSPS) is 21.7. The number of sulfonamides is 1. The molecule has 1 aliphatic rings. The maximum atomic E-state index is 12.6. The monoisotopic (exact) mass is 314 g/mol. The van der Waals surface area contributed by atoms with Crippen LogP contribution in [0.4, 0.5) is 0 Å². The van der Waals surface area contributed by atoms with Gasteiger partial charge in [0.15, 0.2) is 0 Å². The fourth-order valence-corrected chi connectivity index (χ4v) is 4.52. The van der Waals surface area contributed by atoms with E-state index >= 15 is 0 Å². The second-order valence-electron chi connectivity index (χ2n) is 5.81. The van der Waals surface area contributed by atoms with Crippen LogP contribution in [0.3, 0.4) is 0 Å².